The van der Waals surface area contributed by atoms with Gasteiger partial charge in [-0.1, -0.05) is 30.7 Å². The molecular weight excluding hydrogens is 232 g/mol. The van der Waals surface area contributed by atoms with Crippen LogP contribution in [0.4, 0.5) is 5.82 Å². The summed E-state index contributed by atoms with van der Waals surface area (Å²) >= 11 is 10.7. The molecule has 1 rings (SSSR count). The summed E-state index contributed by atoms with van der Waals surface area (Å²) in [4.78, 5) is 5.89. The lowest BCUT2D eigenvalue weighted by molar-refractivity contribution is 0.317. The molecule has 0 fully saturated rings. The van der Waals surface area contributed by atoms with E-state index in [4.69, 9.17) is 28.6 Å². The van der Waals surface area contributed by atoms with Crippen molar-refractivity contribution in [3.8, 4) is 5.75 Å². The van der Waals surface area contributed by atoms with Crippen LogP contribution >= 0.6 is 23.8 Å². The van der Waals surface area contributed by atoms with Crippen molar-refractivity contribution in [1.29, 1.82) is 0 Å². The van der Waals surface area contributed by atoms with Gasteiger partial charge >= 0.3 is 0 Å². The van der Waals surface area contributed by atoms with Crippen molar-refractivity contribution in [1.82, 2.24) is 4.98 Å². The smallest absolute Gasteiger partial charge is 0.175 e. The monoisotopic (exact) mass is 244 g/mol. The van der Waals surface area contributed by atoms with Gasteiger partial charge in [-0.2, -0.15) is 0 Å². The Morgan fingerprint density at radius 2 is 2.40 bits per heavy atom. The number of halogens is 1. The minimum absolute atomic E-state index is 0.558. The molecule has 1 aromatic heterocycles. The Morgan fingerprint density at radius 1 is 1.67 bits per heavy atom. The average Bonchev–Trinajstić information content (AvgIpc) is 2.25. The summed E-state index contributed by atoms with van der Waals surface area (Å²) in [6.07, 6.45) is 2.51. The Hall–Kier alpha value is -0.870. The molecule has 0 aromatic carbocycles. The Kier molecular flexibility index (Phi) is 4.78. The van der Waals surface area contributed by atoms with E-state index < -0.39 is 0 Å². The van der Waals surface area contributed by atoms with Crippen LogP contribution in [0, 0.1) is 0 Å². The number of hydrogen-bond acceptors (Lipinski definition) is 3. The molecule has 0 aliphatic heterocycles. The SMILES string of the molecule is CCCOc1cc(Cl)cnc1N(C)C=S. The second kappa shape index (κ2) is 5.88. The Balaban J connectivity index is 2.97. The highest BCUT2D eigenvalue weighted by molar-refractivity contribution is 7.79. The van der Waals surface area contributed by atoms with Crippen molar-refractivity contribution in [2.45, 2.75) is 13.3 Å². The van der Waals surface area contributed by atoms with Gasteiger partial charge in [0.05, 0.1) is 17.1 Å². The molecule has 0 aliphatic rings. The van der Waals surface area contributed by atoms with Gasteiger partial charge in [-0.15, -0.1) is 0 Å². The number of nitrogens with zero attached hydrogens (tertiary/aromatic N) is 2. The van der Waals surface area contributed by atoms with E-state index in [-0.39, 0.29) is 0 Å². The van der Waals surface area contributed by atoms with Gasteiger partial charge in [0, 0.05) is 19.3 Å². The van der Waals surface area contributed by atoms with Gasteiger partial charge < -0.3 is 9.64 Å². The third-order valence-electron chi connectivity index (χ3n) is 1.75. The van der Waals surface area contributed by atoms with E-state index in [1.807, 2.05) is 14.0 Å². The highest BCUT2D eigenvalue weighted by atomic mass is 35.5. The molecule has 1 heterocycles. The summed E-state index contributed by atoms with van der Waals surface area (Å²) in [7, 11) is 1.82. The Labute approximate surface area is 100 Å². The highest BCUT2D eigenvalue weighted by Gasteiger charge is 2.09. The fourth-order valence-corrected chi connectivity index (χ4v) is 1.29. The summed E-state index contributed by atoms with van der Waals surface area (Å²) in [5.74, 6) is 1.34. The summed E-state index contributed by atoms with van der Waals surface area (Å²) < 4.78 is 5.54. The topological polar surface area (TPSA) is 25.4 Å². The molecule has 15 heavy (non-hydrogen) atoms. The minimum atomic E-state index is 0.558. The molecule has 0 radical (unpaired) electrons. The summed E-state index contributed by atoms with van der Waals surface area (Å²) in [6, 6.07) is 1.74. The number of ether oxygens (including phenoxy) is 1. The van der Waals surface area contributed by atoms with E-state index in [1.54, 1.807) is 17.2 Å². The number of aromatic nitrogens is 1. The Bertz CT molecular complexity index is 346. The largest absolute Gasteiger partial charge is 0.490 e. The highest BCUT2D eigenvalue weighted by Crippen LogP contribution is 2.27. The normalized spacial score (nSPS) is 9.80. The van der Waals surface area contributed by atoms with Gasteiger partial charge in [-0.3, -0.25) is 0 Å². The van der Waals surface area contributed by atoms with Crippen LogP contribution in [-0.4, -0.2) is 24.1 Å². The first-order chi connectivity index (χ1) is 7.19. The third-order valence-corrected chi connectivity index (χ3v) is 2.28. The van der Waals surface area contributed by atoms with Crippen LogP contribution in [0.1, 0.15) is 13.3 Å². The predicted octanol–water partition coefficient (Wildman–Crippen LogP) is 2.92. The zero-order valence-electron chi connectivity index (χ0n) is 8.74. The van der Waals surface area contributed by atoms with Crippen LogP contribution < -0.4 is 9.64 Å². The van der Waals surface area contributed by atoms with E-state index in [1.165, 1.54) is 5.49 Å². The first-order valence-corrected chi connectivity index (χ1v) is 5.50. The lowest BCUT2D eigenvalue weighted by Crippen LogP contribution is -2.15. The Morgan fingerprint density at radius 3 is 3.00 bits per heavy atom. The van der Waals surface area contributed by atoms with E-state index in [9.17, 15) is 0 Å². The fraction of sp³-hybridized carbons (Fsp3) is 0.400. The molecule has 0 aliphatic carbocycles. The second-order valence-corrected chi connectivity index (χ2v) is 3.69. The lowest BCUT2D eigenvalue weighted by Gasteiger charge is -2.16. The molecule has 0 N–H and O–H groups in total. The van der Waals surface area contributed by atoms with Crippen molar-refractivity contribution in [3.05, 3.63) is 17.3 Å². The minimum Gasteiger partial charge on any atom is -0.490 e. The molecule has 82 valence electrons. The maximum atomic E-state index is 5.85. The van der Waals surface area contributed by atoms with Gasteiger partial charge in [-0.05, 0) is 6.42 Å². The average molecular weight is 245 g/mol. The lowest BCUT2D eigenvalue weighted by atomic mass is 10.4. The molecular formula is C10H13ClN2OS. The number of hydrogen-bond donors (Lipinski definition) is 0. The maximum absolute atomic E-state index is 5.85. The van der Waals surface area contributed by atoms with Crippen molar-refractivity contribution < 1.29 is 4.74 Å². The van der Waals surface area contributed by atoms with Crippen molar-refractivity contribution in [2.75, 3.05) is 18.6 Å². The zero-order chi connectivity index (χ0) is 11.3. The van der Waals surface area contributed by atoms with Crippen molar-refractivity contribution in [3.63, 3.8) is 0 Å². The molecule has 1 aromatic rings. The number of anilines is 1. The first-order valence-electron chi connectivity index (χ1n) is 4.65. The fourth-order valence-electron chi connectivity index (χ4n) is 1.05. The van der Waals surface area contributed by atoms with Crippen LogP contribution in [0.5, 0.6) is 5.75 Å². The number of pyridine rings is 1. The van der Waals surface area contributed by atoms with E-state index >= 15 is 0 Å². The summed E-state index contributed by atoms with van der Waals surface area (Å²) in [5.41, 5.74) is 1.51. The van der Waals surface area contributed by atoms with E-state index in [0.717, 1.165) is 6.42 Å². The van der Waals surface area contributed by atoms with Gasteiger partial charge in [0.25, 0.3) is 0 Å². The zero-order valence-corrected chi connectivity index (χ0v) is 10.3. The van der Waals surface area contributed by atoms with Gasteiger partial charge in [-0.25, -0.2) is 4.98 Å². The van der Waals surface area contributed by atoms with Crippen molar-refractivity contribution >= 4 is 35.1 Å². The molecule has 0 saturated heterocycles. The van der Waals surface area contributed by atoms with Crippen LogP contribution in [0.2, 0.25) is 5.02 Å². The molecule has 0 unspecified atom stereocenters. The quantitative estimate of drug-likeness (QED) is 0.744. The molecule has 0 saturated carbocycles. The van der Waals surface area contributed by atoms with Crippen LogP contribution in [0.15, 0.2) is 12.3 Å². The number of thiocarbonyl (C=S) groups is 1. The van der Waals surface area contributed by atoms with Crippen molar-refractivity contribution in [2.24, 2.45) is 0 Å². The van der Waals surface area contributed by atoms with Crippen LogP contribution in [0.25, 0.3) is 0 Å². The van der Waals surface area contributed by atoms with E-state index in [2.05, 4.69) is 4.98 Å². The molecule has 3 nitrogen and oxygen atoms in total. The predicted molar refractivity (Wildman–Crippen MR) is 67.1 cm³/mol. The van der Waals surface area contributed by atoms with Crippen LogP contribution in [-0.2, 0) is 0 Å². The maximum Gasteiger partial charge on any atom is 0.175 e. The molecule has 0 atom stereocenters. The summed E-state index contributed by atoms with van der Waals surface area (Å²) in [6.45, 7) is 2.68. The molecule has 0 spiro atoms. The van der Waals surface area contributed by atoms with Crippen LogP contribution in [0.3, 0.4) is 0 Å². The van der Waals surface area contributed by atoms with Gasteiger partial charge in [0.15, 0.2) is 11.6 Å². The third kappa shape index (κ3) is 3.32. The molecule has 0 amide bonds. The van der Waals surface area contributed by atoms with E-state index in [0.29, 0.717) is 23.2 Å². The van der Waals surface area contributed by atoms with Gasteiger partial charge in [0.1, 0.15) is 0 Å². The van der Waals surface area contributed by atoms with Gasteiger partial charge in [0.2, 0.25) is 0 Å². The molecule has 5 heteroatoms. The number of rotatable bonds is 5. The first kappa shape index (κ1) is 12.2. The second-order valence-electron chi connectivity index (χ2n) is 3.04. The standard InChI is InChI=1S/C10H13ClN2OS/c1-3-4-14-9-5-8(11)6-12-10(9)13(2)7-15/h5-7H,3-4H2,1-2H3. The summed E-state index contributed by atoms with van der Waals surface area (Å²) in [5, 5.41) is 0.558. The molecule has 0 bridgehead atoms.